The van der Waals surface area contributed by atoms with Gasteiger partial charge in [0, 0.05) is 5.39 Å². The van der Waals surface area contributed by atoms with Crippen molar-refractivity contribution in [2.75, 3.05) is 7.11 Å². The Hall–Kier alpha value is -2.03. The third-order valence-corrected chi connectivity index (χ3v) is 2.43. The van der Waals surface area contributed by atoms with Gasteiger partial charge in [0.25, 0.3) is 0 Å². The number of aryl methyl sites for hydroxylation is 1. The first-order chi connectivity index (χ1) is 7.72. The van der Waals surface area contributed by atoms with E-state index in [0.29, 0.717) is 5.75 Å². The largest absolute Gasteiger partial charge is 0.513 e. The van der Waals surface area contributed by atoms with Crippen molar-refractivity contribution < 1.29 is 14.3 Å². The molecule has 3 heteroatoms. The quantitative estimate of drug-likeness (QED) is 0.542. The molecule has 0 saturated carbocycles. The fourth-order valence-corrected chi connectivity index (χ4v) is 1.61. The van der Waals surface area contributed by atoms with Crippen molar-refractivity contribution in [1.29, 1.82) is 0 Å². The van der Waals surface area contributed by atoms with Crippen LogP contribution in [0.25, 0.3) is 10.8 Å². The number of carbonyl (C=O) groups excluding carboxylic acids is 1. The van der Waals surface area contributed by atoms with Gasteiger partial charge in [-0.3, -0.25) is 0 Å². The van der Waals surface area contributed by atoms with E-state index in [4.69, 9.17) is 4.74 Å². The van der Waals surface area contributed by atoms with Crippen LogP contribution >= 0.6 is 0 Å². The van der Waals surface area contributed by atoms with Gasteiger partial charge in [-0.1, -0.05) is 36.4 Å². The summed E-state index contributed by atoms with van der Waals surface area (Å²) in [5.74, 6) is 0.560. The fourth-order valence-electron chi connectivity index (χ4n) is 1.61. The topological polar surface area (TPSA) is 35.5 Å². The molecule has 3 nitrogen and oxygen atoms in total. The van der Waals surface area contributed by atoms with E-state index in [-0.39, 0.29) is 0 Å². The van der Waals surface area contributed by atoms with Gasteiger partial charge in [0.1, 0.15) is 5.75 Å². The summed E-state index contributed by atoms with van der Waals surface area (Å²) in [7, 11) is 1.29. The Bertz CT molecular complexity index is 532. The van der Waals surface area contributed by atoms with Gasteiger partial charge < -0.3 is 9.47 Å². The third-order valence-electron chi connectivity index (χ3n) is 2.43. The lowest BCUT2D eigenvalue weighted by Crippen LogP contribution is -2.08. The van der Waals surface area contributed by atoms with Crippen LogP contribution in [0.1, 0.15) is 5.56 Å². The maximum atomic E-state index is 11.1. The maximum absolute atomic E-state index is 11.1. The van der Waals surface area contributed by atoms with E-state index in [9.17, 15) is 4.79 Å². The SMILES string of the molecule is COC(=O)Oc1c(C)ccc2ccccc12. The van der Waals surface area contributed by atoms with Gasteiger partial charge in [-0.2, -0.15) is 0 Å². The van der Waals surface area contributed by atoms with E-state index in [1.165, 1.54) is 7.11 Å². The van der Waals surface area contributed by atoms with Gasteiger partial charge >= 0.3 is 6.16 Å². The summed E-state index contributed by atoms with van der Waals surface area (Å²) in [5.41, 5.74) is 0.907. The molecule has 2 rings (SSSR count). The Balaban J connectivity index is 2.57. The normalized spacial score (nSPS) is 10.1. The number of benzene rings is 2. The summed E-state index contributed by atoms with van der Waals surface area (Å²) in [4.78, 5) is 11.1. The minimum absolute atomic E-state index is 0.560. The van der Waals surface area contributed by atoms with Crippen LogP contribution in [0.15, 0.2) is 36.4 Å². The van der Waals surface area contributed by atoms with E-state index in [0.717, 1.165) is 16.3 Å². The zero-order valence-electron chi connectivity index (χ0n) is 9.19. The van der Waals surface area contributed by atoms with Crippen molar-refractivity contribution in [2.45, 2.75) is 6.92 Å². The zero-order valence-corrected chi connectivity index (χ0v) is 9.19. The molecular formula is C13H12O3. The lowest BCUT2D eigenvalue weighted by molar-refractivity contribution is 0.121. The predicted octanol–water partition coefficient (Wildman–Crippen LogP) is 3.29. The lowest BCUT2D eigenvalue weighted by atomic mass is 10.1. The molecule has 0 aliphatic rings. The number of rotatable bonds is 1. The van der Waals surface area contributed by atoms with E-state index in [2.05, 4.69) is 4.74 Å². The molecule has 0 spiro atoms. The van der Waals surface area contributed by atoms with Gasteiger partial charge in [-0.05, 0) is 17.9 Å². The van der Waals surface area contributed by atoms with E-state index in [1.54, 1.807) is 0 Å². The first kappa shape index (κ1) is 10.5. The van der Waals surface area contributed by atoms with Crippen LogP contribution in [-0.4, -0.2) is 13.3 Å². The molecule has 0 N–H and O–H groups in total. The van der Waals surface area contributed by atoms with Crippen molar-refractivity contribution in [3.8, 4) is 5.75 Å². The number of hydrogen-bond donors (Lipinski definition) is 0. The van der Waals surface area contributed by atoms with Crippen molar-refractivity contribution in [1.82, 2.24) is 0 Å². The number of hydrogen-bond acceptors (Lipinski definition) is 3. The van der Waals surface area contributed by atoms with Crippen LogP contribution in [0, 0.1) is 6.92 Å². The van der Waals surface area contributed by atoms with Crippen molar-refractivity contribution in [3.63, 3.8) is 0 Å². The number of methoxy groups -OCH3 is 1. The Morgan fingerprint density at radius 2 is 1.88 bits per heavy atom. The second-order valence-electron chi connectivity index (χ2n) is 3.49. The van der Waals surface area contributed by atoms with Gasteiger partial charge in [-0.15, -0.1) is 0 Å². The molecule has 0 saturated heterocycles. The lowest BCUT2D eigenvalue weighted by Gasteiger charge is -2.09. The molecule has 0 fully saturated rings. The molecule has 0 aliphatic carbocycles. The number of fused-ring (bicyclic) bond motifs is 1. The molecule has 82 valence electrons. The van der Waals surface area contributed by atoms with E-state index >= 15 is 0 Å². The summed E-state index contributed by atoms with van der Waals surface area (Å²) >= 11 is 0. The van der Waals surface area contributed by atoms with Gasteiger partial charge in [0.15, 0.2) is 0 Å². The smallest absolute Gasteiger partial charge is 0.437 e. The van der Waals surface area contributed by atoms with Crippen molar-refractivity contribution >= 4 is 16.9 Å². The van der Waals surface area contributed by atoms with Gasteiger partial charge in [0.2, 0.25) is 0 Å². The monoisotopic (exact) mass is 216 g/mol. The highest BCUT2D eigenvalue weighted by Gasteiger charge is 2.10. The highest BCUT2D eigenvalue weighted by Crippen LogP contribution is 2.29. The second-order valence-corrected chi connectivity index (χ2v) is 3.49. The van der Waals surface area contributed by atoms with Crippen LogP contribution in [0.5, 0.6) is 5.75 Å². The van der Waals surface area contributed by atoms with Crippen LogP contribution < -0.4 is 4.74 Å². The van der Waals surface area contributed by atoms with E-state index in [1.807, 2.05) is 43.3 Å². The summed E-state index contributed by atoms with van der Waals surface area (Å²) in [6, 6.07) is 11.7. The third kappa shape index (κ3) is 1.84. The summed E-state index contributed by atoms with van der Waals surface area (Å²) in [6.45, 7) is 1.89. The average Bonchev–Trinajstić information content (AvgIpc) is 2.32. The molecule has 0 amide bonds. The van der Waals surface area contributed by atoms with Gasteiger partial charge in [-0.25, -0.2) is 4.79 Å². The van der Waals surface area contributed by atoms with Crippen LogP contribution in [0.2, 0.25) is 0 Å². The standard InChI is InChI=1S/C13H12O3/c1-9-7-8-10-5-3-4-6-11(10)12(9)16-13(14)15-2/h3-8H,1-2H3. The van der Waals surface area contributed by atoms with Gasteiger partial charge in [0.05, 0.1) is 7.11 Å². The molecule has 0 unspecified atom stereocenters. The van der Waals surface area contributed by atoms with Crippen molar-refractivity contribution in [2.24, 2.45) is 0 Å². The molecule has 0 aliphatic heterocycles. The molecular weight excluding hydrogens is 204 g/mol. The second kappa shape index (κ2) is 4.23. The van der Waals surface area contributed by atoms with Crippen molar-refractivity contribution in [3.05, 3.63) is 42.0 Å². The molecule has 2 aromatic carbocycles. The summed E-state index contributed by atoms with van der Waals surface area (Å²) in [5, 5.41) is 1.94. The Morgan fingerprint density at radius 1 is 1.12 bits per heavy atom. The molecule has 2 aromatic rings. The minimum atomic E-state index is -0.695. The van der Waals surface area contributed by atoms with Crippen LogP contribution in [-0.2, 0) is 4.74 Å². The molecule has 0 bridgehead atoms. The van der Waals surface area contributed by atoms with Crippen LogP contribution in [0.4, 0.5) is 4.79 Å². The maximum Gasteiger partial charge on any atom is 0.513 e. The van der Waals surface area contributed by atoms with E-state index < -0.39 is 6.16 Å². The molecule has 16 heavy (non-hydrogen) atoms. The molecule has 0 radical (unpaired) electrons. The number of carbonyl (C=O) groups is 1. The molecule has 0 aromatic heterocycles. The highest BCUT2D eigenvalue weighted by molar-refractivity contribution is 5.91. The first-order valence-electron chi connectivity index (χ1n) is 4.96. The summed E-state index contributed by atoms with van der Waals surface area (Å²) in [6.07, 6.45) is -0.695. The Morgan fingerprint density at radius 3 is 2.62 bits per heavy atom. The molecule has 0 heterocycles. The summed E-state index contributed by atoms with van der Waals surface area (Å²) < 4.78 is 9.64. The minimum Gasteiger partial charge on any atom is -0.437 e. The fraction of sp³-hybridized carbons (Fsp3) is 0.154. The Kier molecular flexibility index (Phi) is 2.77. The van der Waals surface area contributed by atoms with Crippen LogP contribution in [0.3, 0.4) is 0 Å². The number of ether oxygens (including phenoxy) is 2. The predicted molar refractivity (Wildman–Crippen MR) is 61.7 cm³/mol. The highest BCUT2D eigenvalue weighted by atomic mass is 16.7. The Labute approximate surface area is 93.6 Å². The first-order valence-corrected chi connectivity index (χ1v) is 4.96. The average molecular weight is 216 g/mol. The zero-order chi connectivity index (χ0) is 11.5. The molecule has 0 atom stereocenters.